The summed E-state index contributed by atoms with van der Waals surface area (Å²) >= 11 is 1.71. The Balaban J connectivity index is 2.08. The number of benzene rings is 2. The average molecular weight is 269 g/mol. The van der Waals surface area contributed by atoms with Gasteiger partial charge in [-0.1, -0.05) is 0 Å². The minimum absolute atomic E-state index is 0.778. The van der Waals surface area contributed by atoms with Gasteiger partial charge in [-0.15, -0.1) is 11.3 Å². The van der Waals surface area contributed by atoms with Crippen LogP contribution in [0.2, 0.25) is 0 Å². The first-order chi connectivity index (χ1) is 9.13. The zero-order chi connectivity index (χ0) is 13.4. The van der Waals surface area contributed by atoms with Crippen LogP contribution in [0.25, 0.3) is 20.8 Å². The fraction of sp³-hybridized carbons (Fsp3) is 0.133. The van der Waals surface area contributed by atoms with Crippen molar-refractivity contribution in [3.05, 3.63) is 42.5 Å². The van der Waals surface area contributed by atoms with Gasteiger partial charge in [0.1, 0.15) is 5.01 Å². The molecule has 0 amide bonds. The van der Waals surface area contributed by atoms with Crippen LogP contribution in [0.1, 0.15) is 0 Å². The first kappa shape index (κ1) is 12.0. The van der Waals surface area contributed by atoms with Crippen LogP contribution in [0.15, 0.2) is 42.5 Å². The van der Waals surface area contributed by atoms with E-state index in [0.717, 1.165) is 21.8 Å². The summed E-state index contributed by atoms with van der Waals surface area (Å²) < 4.78 is 1.21. The van der Waals surface area contributed by atoms with E-state index < -0.39 is 0 Å². The number of rotatable bonds is 2. The molecule has 1 heterocycles. The zero-order valence-corrected chi connectivity index (χ0v) is 11.7. The Hall–Kier alpha value is -2.07. The maximum Gasteiger partial charge on any atom is 0.124 e. The number of nitrogen functional groups attached to an aromatic ring is 1. The van der Waals surface area contributed by atoms with E-state index in [4.69, 9.17) is 10.7 Å². The summed E-state index contributed by atoms with van der Waals surface area (Å²) in [6.45, 7) is 0. The van der Waals surface area contributed by atoms with Crippen LogP contribution in [0.5, 0.6) is 0 Å². The normalized spacial score (nSPS) is 10.8. The van der Waals surface area contributed by atoms with Crippen LogP contribution in [0.3, 0.4) is 0 Å². The maximum absolute atomic E-state index is 5.71. The number of aromatic nitrogens is 1. The van der Waals surface area contributed by atoms with E-state index >= 15 is 0 Å². The summed E-state index contributed by atoms with van der Waals surface area (Å²) in [4.78, 5) is 6.79. The maximum atomic E-state index is 5.71. The molecular formula is C15H15N3S. The lowest BCUT2D eigenvalue weighted by molar-refractivity contribution is 1.13. The number of thiazole rings is 1. The fourth-order valence-electron chi connectivity index (χ4n) is 1.94. The lowest BCUT2D eigenvalue weighted by Crippen LogP contribution is -2.07. The molecule has 3 rings (SSSR count). The van der Waals surface area contributed by atoms with Crippen LogP contribution in [-0.4, -0.2) is 19.1 Å². The first-order valence-corrected chi connectivity index (χ1v) is 6.89. The highest BCUT2D eigenvalue weighted by molar-refractivity contribution is 7.21. The molecule has 0 bridgehead atoms. The Morgan fingerprint density at radius 3 is 2.47 bits per heavy atom. The molecule has 2 aromatic carbocycles. The van der Waals surface area contributed by atoms with Gasteiger partial charge in [0.2, 0.25) is 0 Å². The second-order valence-corrected chi connectivity index (χ2v) is 5.72. The molecule has 0 aliphatic heterocycles. The molecule has 1 aromatic heterocycles. The molecule has 0 radical (unpaired) electrons. The van der Waals surface area contributed by atoms with Crippen molar-refractivity contribution in [3.63, 3.8) is 0 Å². The van der Waals surface area contributed by atoms with Crippen molar-refractivity contribution in [2.45, 2.75) is 0 Å². The molecule has 0 aliphatic carbocycles. The summed E-state index contributed by atoms with van der Waals surface area (Å²) in [5.41, 5.74) is 9.81. The highest BCUT2D eigenvalue weighted by Crippen LogP contribution is 2.32. The lowest BCUT2D eigenvalue weighted by atomic mass is 10.2. The van der Waals surface area contributed by atoms with Gasteiger partial charge in [-0.2, -0.15) is 0 Å². The van der Waals surface area contributed by atoms with Gasteiger partial charge in [0, 0.05) is 31.0 Å². The summed E-state index contributed by atoms with van der Waals surface area (Å²) in [5.74, 6) is 0. The molecule has 3 aromatic rings. The van der Waals surface area contributed by atoms with Crippen molar-refractivity contribution in [2.24, 2.45) is 0 Å². The highest BCUT2D eigenvalue weighted by atomic mass is 32.1. The smallest absolute Gasteiger partial charge is 0.124 e. The van der Waals surface area contributed by atoms with Gasteiger partial charge in [0.25, 0.3) is 0 Å². The molecule has 19 heavy (non-hydrogen) atoms. The monoisotopic (exact) mass is 269 g/mol. The molecule has 0 aliphatic rings. The molecular weight excluding hydrogens is 254 g/mol. The number of nitrogens with two attached hydrogens (primary N) is 1. The Bertz CT molecular complexity index is 714. The zero-order valence-electron chi connectivity index (χ0n) is 10.9. The van der Waals surface area contributed by atoms with Crippen molar-refractivity contribution in [2.75, 3.05) is 24.7 Å². The Morgan fingerprint density at radius 1 is 1.05 bits per heavy atom. The topological polar surface area (TPSA) is 42.1 Å². The van der Waals surface area contributed by atoms with Gasteiger partial charge in [-0.25, -0.2) is 4.98 Å². The molecule has 96 valence electrons. The van der Waals surface area contributed by atoms with Gasteiger partial charge in [0.05, 0.1) is 10.2 Å². The van der Waals surface area contributed by atoms with E-state index in [0.29, 0.717) is 0 Å². The predicted molar refractivity (Wildman–Crippen MR) is 83.8 cm³/mol. The molecule has 0 saturated heterocycles. The third-order valence-corrected chi connectivity index (χ3v) is 4.13. The molecule has 0 unspecified atom stereocenters. The standard InChI is InChI=1S/C15H15N3S/c1-18(2)12-7-8-14-13(9-12)17-15(19-14)10-3-5-11(16)6-4-10/h3-9H,16H2,1-2H3. The SMILES string of the molecule is CN(C)c1ccc2sc(-c3ccc(N)cc3)nc2c1. The molecule has 2 N–H and O–H groups in total. The van der Waals surface area contributed by atoms with Crippen molar-refractivity contribution in [1.29, 1.82) is 0 Å². The van der Waals surface area contributed by atoms with Crippen LogP contribution in [0.4, 0.5) is 11.4 Å². The Morgan fingerprint density at radius 2 is 1.79 bits per heavy atom. The average Bonchev–Trinajstić information content (AvgIpc) is 2.82. The summed E-state index contributed by atoms with van der Waals surface area (Å²) in [6.07, 6.45) is 0. The second kappa shape index (κ2) is 4.55. The number of hydrogen-bond acceptors (Lipinski definition) is 4. The van der Waals surface area contributed by atoms with E-state index in [1.807, 2.05) is 38.4 Å². The van der Waals surface area contributed by atoms with Gasteiger partial charge in [-0.3, -0.25) is 0 Å². The molecule has 0 atom stereocenters. The van der Waals surface area contributed by atoms with E-state index in [9.17, 15) is 0 Å². The molecule has 0 spiro atoms. The van der Waals surface area contributed by atoms with Crippen LogP contribution in [0, 0.1) is 0 Å². The number of nitrogens with zero attached hydrogens (tertiary/aromatic N) is 2. The van der Waals surface area contributed by atoms with E-state index in [-0.39, 0.29) is 0 Å². The Kier molecular flexibility index (Phi) is 2.87. The summed E-state index contributed by atoms with van der Waals surface area (Å²) in [7, 11) is 4.07. The van der Waals surface area contributed by atoms with Crippen LogP contribution >= 0.6 is 11.3 Å². The minimum atomic E-state index is 0.778. The highest BCUT2D eigenvalue weighted by Gasteiger charge is 2.07. The number of fused-ring (bicyclic) bond motifs is 1. The van der Waals surface area contributed by atoms with Crippen LogP contribution in [-0.2, 0) is 0 Å². The van der Waals surface area contributed by atoms with Crippen molar-refractivity contribution >= 4 is 32.9 Å². The van der Waals surface area contributed by atoms with Gasteiger partial charge in [0.15, 0.2) is 0 Å². The lowest BCUT2D eigenvalue weighted by Gasteiger charge is -2.11. The van der Waals surface area contributed by atoms with E-state index in [1.165, 1.54) is 10.4 Å². The van der Waals surface area contributed by atoms with E-state index in [2.05, 4.69) is 23.1 Å². The summed E-state index contributed by atoms with van der Waals surface area (Å²) in [6, 6.07) is 14.2. The van der Waals surface area contributed by atoms with Crippen molar-refractivity contribution < 1.29 is 0 Å². The largest absolute Gasteiger partial charge is 0.399 e. The molecule has 4 heteroatoms. The number of anilines is 2. The molecule has 3 nitrogen and oxygen atoms in total. The quantitative estimate of drug-likeness (QED) is 0.723. The van der Waals surface area contributed by atoms with Gasteiger partial charge >= 0.3 is 0 Å². The summed E-state index contributed by atoms with van der Waals surface area (Å²) in [5, 5.41) is 1.03. The van der Waals surface area contributed by atoms with Crippen molar-refractivity contribution in [1.82, 2.24) is 4.98 Å². The third kappa shape index (κ3) is 2.27. The molecule has 0 saturated carbocycles. The fourth-order valence-corrected chi connectivity index (χ4v) is 2.89. The van der Waals surface area contributed by atoms with Gasteiger partial charge in [-0.05, 0) is 42.5 Å². The van der Waals surface area contributed by atoms with Crippen LogP contribution < -0.4 is 10.6 Å². The third-order valence-electron chi connectivity index (χ3n) is 3.05. The minimum Gasteiger partial charge on any atom is -0.399 e. The molecule has 0 fully saturated rings. The van der Waals surface area contributed by atoms with Gasteiger partial charge < -0.3 is 10.6 Å². The Labute approximate surface area is 116 Å². The number of hydrogen-bond donors (Lipinski definition) is 1. The second-order valence-electron chi connectivity index (χ2n) is 4.69. The van der Waals surface area contributed by atoms with E-state index in [1.54, 1.807) is 11.3 Å². The first-order valence-electron chi connectivity index (χ1n) is 6.07. The predicted octanol–water partition coefficient (Wildman–Crippen LogP) is 3.61. The van der Waals surface area contributed by atoms with Crippen molar-refractivity contribution in [3.8, 4) is 10.6 Å².